The number of amides is 3. The summed E-state index contributed by atoms with van der Waals surface area (Å²) in [5.74, 6) is -0.365. The maximum absolute atomic E-state index is 12.2. The van der Waals surface area contributed by atoms with Gasteiger partial charge in [-0.3, -0.25) is 14.4 Å². The minimum atomic E-state index is -0.343. The zero-order chi connectivity index (χ0) is 20.1. The number of anilines is 2. The first-order valence-electron chi connectivity index (χ1n) is 8.76. The van der Waals surface area contributed by atoms with E-state index >= 15 is 0 Å². The molecule has 0 bridgehead atoms. The van der Waals surface area contributed by atoms with Crippen LogP contribution in [0.15, 0.2) is 48.5 Å². The Bertz CT molecular complexity index is 868. The number of ether oxygens (including phenoxy) is 1. The summed E-state index contributed by atoms with van der Waals surface area (Å²) < 4.78 is 5.48. The van der Waals surface area contributed by atoms with Crippen LogP contribution in [0.3, 0.4) is 0 Å². The highest BCUT2D eigenvalue weighted by Gasteiger charge is 2.34. The molecule has 28 heavy (non-hydrogen) atoms. The molecule has 0 spiro atoms. The third kappa shape index (κ3) is 4.80. The van der Waals surface area contributed by atoms with Crippen molar-refractivity contribution in [1.29, 1.82) is 0 Å². The van der Waals surface area contributed by atoms with Crippen LogP contribution in [0, 0.1) is 5.92 Å². The van der Waals surface area contributed by atoms with Crippen molar-refractivity contribution in [2.24, 2.45) is 5.92 Å². The van der Waals surface area contributed by atoms with Gasteiger partial charge in [0.25, 0.3) is 5.91 Å². The van der Waals surface area contributed by atoms with Crippen LogP contribution in [0.25, 0.3) is 0 Å². The number of rotatable bonds is 6. The summed E-state index contributed by atoms with van der Waals surface area (Å²) in [6, 6.07) is 13.6. The van der Waals surface area contributed by atoms with Crippen molar-refractivity contribution in [3.8, 4) is 5.75 Å². The van der Waals surface area contributed by atoms with Crippen LogP contribution in [0.2, 0.25) is 5.02 Å². The highest BCUT2D eigenvalue weighted by Crippen LogP contribution is 2.27. The first-order valence-corrected chi connectivity index (χ1v) is 9.14. The molecule has 1 aliphatic heterocycles. The van der Waals surface area contributed by atoms with Gasteiger partial charge in [-0.25, -0.2) is 0 Å². The topological polar surface area (TPSA) is 87.7 Å². The molecule has 0 aromatic heterocycles. The number of hydrogen-bond donors (Lipinski definition) is 2. The van der Waals surface area contributed by atoms with Gasteiger partial charge in [0.05, 0.1) is 5.92 Å². The molecule has 3 rings (SSSR count). The van der Waals surface area contributed by atoms with Gasteiger partial charge in [-0.15, -0.1) is 0 Å². The van der Waals surface area contributed by atoms with E-state index in [-0.39, 0.29) is 36.7 Å². The molecule has 2 N–H and O–H groups in total. The van der Waals surface area contributed by atoms with Gasteiger partial charge in [0, 0.05) is 36.4 Å². The number of halogens is 1. The Labute approximate surface area is 167 Å². The Kier molecular flexibility index (Phi) is 6.16. The van der Waals surface area contributed by atoms with E-state index in [0.717, 1.165) is 0 Å². The van der Waals surface area contributed by atoms with Gasteiger partial charge in [-0.1, -0.05) is 11.6 Å². The van der Waals surface area contributed by atoms with Crippen molar-refractivity contribution in [3.05, 3.63) is 53.6 Å². The molecule has 8 heteroatoms. The zero-order valence-electron chi connectivity index (χ0n) is 15.3. The molecule has 0 aliphatic carbocycles. The molecule has 3 amide bonds. The van der Waals surface area contributed by atoms with E-state index in [0.29, 0.717) is 28.7 Å². The van der Waals surface area contributed by atoms with Gasteiger partial charge in [-0.05, 0) is 48.5 Å². The summed E-state index contributed by atoms with van der Waals surface area (Å²) in [6.45, 7) is 0.200. The smallest absolute Gasteiger partial charge is 0.262 e. The number of carbonyl (C=O) groups is 3. The molecular formula is C20H20ClN3O4. The zero-order valence-corrected chi connectivity index (χ0v) is 16.0. The van der Waals surface area contributed by atoms with Crippen molar-refractivity contribution in [2.45, 2.75) is 6.42 Å². The Morgan fingerprint density at radius 3 is 2.46 bits per heavy atom. The van der Waals surface area contributed by atoms with Crippen LogP contribution < -0.4 is 20.3 Å². The average molecular weight is 402 g/mol. The molecular weight excluding hydrogens is 382 g/mol. The molecule has 0 saturated carbocycles. The maximum Gasteiger partial charge on any atom is 0.262 e. The first-order chi connectivity index (χ1) is 13.5. The van der Waals surface area contributed by atoms with Crippen LogP contribution in [0.5, 0.6) is 5.75 Å². The van der Waals surface area contributed by atoms with Crippen molar-refractivity contribution in [1.82, 2.24) is 5.32 Å². The molecule has 146 valence electrons. The predicted molar refractivity (Wildman–Crippen MR) is 107 cm³/mol. The highest BCUT2D eigenvalue weighted by atomic mass is 35.5. The second-order valence-corrected chi connectivity index (χ2v) is 6.79. The summed E-state index contributed by atoms with van der Waals surface area (Å²) in [4.78, 5) is 37.4. The Morgan fingerprint density at radius 2 is 1.82 bits per heavy atom. The van der Waals surface area contributed by atoms with Crippen molar-refractivity contribution < 1.29 is 19.1 Å². The van der Waals surface area contributed by atoms with Crippen molar-refractivity contribution in [3.63, 3.8) is 0 Å². The fourth-order valence-electron chi connectivity index (χ4n) is 2.94. The lowest BCUT2D eigenvalue weighted by Gasteiger charge is -2.17. The summed E-state index contributed by atoms with van der Waals surface area (Å²) in [7, 11) is 1.56. The van der Waals surface area contributed by atoms with Gasteiger partial charge < -0.3 is 20.3 Å². The van der Waals surface area contributed by atoms with E-state index in [1.54, 1.807) is 60.5 Å². The van der Waals surface area contributed by atoms with Gasteiger partial charge >= 0.3 is 0 Å². The molecule has 1 aliphatic rings. The summed E-state index contributed by atoms with van der Waals surface area (Å²) in [5.41, 5.74) is 1.32. The van der Waals surface area contributed by atoms with Crippen molar-refractivity contribution >= 4 is 40.7 Å². The molecule has 7 nitrogen and oxygen atoms in total. The lowest BCUT2D eigenvalue weighted by Crippen LogP contribution is -2.30. The second kappa shape index (κ2) is 8.75. The van der Waals surface area contributed by atoms with E-state index in [9.17, 15) is 14.4 Å². The largest absolute Gasteiger partial charge is 0.484 e. The fourth-order valence-corrected chi connectivity index (χ4v) is 3.06. The molecule has 2 aromatic carbocycles. The first kappa shape index (κ1) is 19.7. The SMILES string of the molecule is CNC(=O)[C@H]1CC(=O)N(c2ccc(OCC(=O)Nc3ccc(Cl)cc3)cc2)C1. The van der Waals surface area contributed by atoms with Gasteiger partial charge in [0.1, 0.15) is 5.75 Å². The molecule has 0 unspecified atom stereocenters. The van der Waals surface area contributed by atoms with Gasteiger partial charge in [0.2, 0.25) is 11.8 Å². The van der Waals surface area contributed by atoms with Crippen LogP contribution in [0.1, 0.15) is 6.42 Å². The lowest BCUT2D eigenvalue weighted by atomic mass is 10.1. The monoisotopic (exact) mass is 401 g/mol. The van der Waals surface area contributed by atoms with Crippen LogP contribution >= 0.6 is 11.6 Å². The minimum Gasteiger partial charge on any atom is -0.484 e. The second-order valence-electron chi connectivity index (χ2n) is 6.36. The van der Waals surface area contributed by atoms with E-state index in [1.165, 1.54) is 0 Å². The van der Waals surface area contributed by atoms with E-state index < -0.39 is 0 Å². The number of nitrogens with one attached hydrogen (secondary N) is 2. The molecule has 0 radical (unpaired) electrons. The highest BCUT2D eigenvalue weighted by molar-refractivity contribution is 6.30. The normalized spacial score (nSPS) is 16.0. The predicted octanol–water partition coefficient (Wildman–Crippen LogP) is 2.46. The Morgan fingerprint density at radius 1 is 1.14 bits per heavy atom. The van der Waals surface area contributed by atoms with Crippen LogP contribution in [-0.2, 0) is 14.4 Å². The van der Waals surface area contributed by atoms with E-state index in [2.05, 4.69) is 10.6 Å². The fraction of sp³-hybridized carbons (Fsp3) is 0.250. The summed E-state index contributed by atoms with van der Waals surface area (Å²) in [5, 5.41) is 5.87. The molecule has 2 aromatic rings. The number of nitrogens with zero attached hydrogens (tertiary/aromatic N) is 1. The third-order valence-electron chi connectivity index (χ3n) is 4.39. The average Bonchev–Trinajstić information content (AvgIpc) is 3.09. The van der Waals surface area contributed by atoms with Crippen molar-refractivity contribution in [2.75, 3.05) is 30.4 Å². The molecule has 1 fully saturated rings. The van der Waals surface area contributed by atoms with Gasteiger partial charge in [-0.2, -0.15) is 0 Å². The summed E-state index contributed by atoms with van der Waals surface area (Å²) >= 11 is 5.81. The van der Waals surface area contributed by atoms with E-state index in [1.807, 2.05) is 0 Å². The quantitative estimate of drug-likeness (QED) is 0.778. The van der Waals surface area contributed by atoms with Crippen LogP contribution in [0.4, 0.5) is 11.4 Å². The van der Waals surface area contributed by atoms with Gasteiger partial charge in [0.15, 0.2) is 6.61 Å². The molecule has 1 heterocycles. The lowest BCUT2D eigenvalue weighted by molar-refractivity contribution is -0.125. The maximum atomic E-state index is 12.2. The number of carbonyl (C=O) groups excluding carboxylic acids is 3. The minimum absolute atomic E-state index is 0.0930. The third-order valence-corrected chi connectivity index (χ3v) is 4.64. The number of hydrogen-bond acceptors (Lipinski definition) is 4. The van der Waals surface area contributed by atoms with Crippen LogP contribution in [-0.4, -0.2) is 37.9 Å². The number of benzene rings is 2. The standard InChI is InChI=1S/C20H20ClN3O4/c1-22-20(27)13-10-19(26)24(11-13)16-6-8-17(9-7-16)28-12-18(25)23-15-4-2-14(21)3-5-15/h2-9,13H,10-12H2,1H3,(H,22,27)(H,23,25)/t13-/m0/s1. The summed E-state index contributed by atoms with van der Waals surface area (Å²) in [6.07, 6.45) is 0.197. The Balaban J connectivity index is 1.53. The Hall–Kier alpha value is -3.06. The molecule has 1 atom stereocenters. The molecule has 1 saturated heterocycles. The van der Waals surface area contributed by atoms with E-state index in [4.69, 9.17) is 16.3 Å².